The van der Waals surface area contributed by atoms with Crippen LogP contribution in [0.3, 0.4) is 0 Å². The lowest BCUT2D eigenvalue weighted by Gasteiger charge is -2.28. The van der Waals surface area contributed by atoms with Crippen molar-refractivity contribution in [3.8, 4) is 0 Å². The Labute approximate surface area is 125 Å². The van der Waals surface area contributed by atoms with Crippen LogP contribution in [0, 0.1) is 5.82 Å². The maximum absolute atomic E-state index is 13.7. The van der Waals surface area contributed by atoms with E-state index in [1.807, 2.05) is 0 Å². The van der Waals surface area contributed by atoms with Crippen LogP contribution in [0.4, 0.5) is 15.9 Å². The van der Waals surface area contributed by atoms with Crippen LogP contribution in [0.1, 0.15) is 6.92 Å². The molecule has 0 unspecified atom stereocenters. The molecule has 0 saturated carbocycles. The van der Waals surface area contributed by atoms with Gasteiger partial charge in [0, 0.05) is 6.20 Å². The second-order valence-electron chi connectivity index (χ2n) is 4.37. The van der Waals surface area contributed by atoms with Crippen molar-refractivity contribution in [2.45, 2.75) is 11.8 Å². The quantitative estimate of drug-likeness (QED) is 0.808. The van der Waals surface area contributed by atoms with Gasteiger partial charge in [-0.2, -0.15) is 8.42 Å². The molecule has 0 radical (unpaired) electrons. The average Bonchev–Trinajstić information content (AvgIpc) is 2.42. The monoisotopic (exact) mass is 325 g/mol. The lowest BCUT2D eigenvalue weighted by molar-refractivity contribution is 0.597. The number of hydrogen-bond acceptors (Lipinski definition) is 4. The summed E-state index contributed by atoms with van der Waals surface area (Å²) in [5, 5.41) is -0.0146. The van der Waals surface area contributed by atoms with Gasteiger partial charge in [0.15, 0.2) is 5.82 Å². The van der Waals surface area contributed by atoms with Crippen molar-refractivity contribution in [3.63, 3.8) is 0 Å². The maximum Gasteiger partial charge on any atom is 0.287 e. The van der Waals surface area contributed by atoms with E-state index in [1.165, 1.54) is 42.3 Å². The van der Waals surface area contributed by atoms with Crippen molar-refractivity contribution in [2.24, 2.45) is 4.40 Å². The fraction of sp³-hybridized carbons (Fsp3) is 0.0769. The van der Waals surface area contributed by atoms with E-state index < -0.39 is 15.8 Å². The highest BCUT2D eigenvalue weighted by Gasteiger charge is 2.31. The Morgan fingerprint density at radius 3 is 2.76 bits per heavy atom. The van der Waals surface area contributed by atoms with E-state index in [-0.39, 0.29) is 21.6 Å². The zero-order valence-electron chi connectivity index (χ0n) is 10.8. The summed E-state index contributed by atoms with van der Waals surface area (Å²) in [5.41, 5.74) is 0.396. The van der Waals surface area contributed by atoms with Gasteiger partial charge in [-0.15, -0.1) is 4.40 Å². The molecular weight excluding hydrogens is 317 g/mol. The number of hydrogen-bond donors (Lipinski definition) is 0. The SMILES string of the molecule is CC1=NS(=O)(=O)c2cccnc2N1c1ccc(Cl)c(F)c1. The molecule has 3 rings (SSSR count). The summed E-state index contributed by atoms with van der Waals surface area (Å²) in [6.45, 7) is 1.52. The molecule has 0 spiro atoms. The molecule has 2 heterocycles. The minimum Gasteiger partial charge on any atom is -0.281 e. The Balaban J connectivity index is 2.25. The molecule has 0 atom stereocenters. The second kappa shape index (κ2) is 4.78. The Kier molecular flexibility index (Phi) is 3.18. The molecule has 5 nitrogen and oxygen atoms in total. The first-order valence-electron chi connectivity index (χ1n) is 5.92. The van der Waals surface area contributed by atoms with Gasteiger partial charge in [0.1, 0.15) is 16.5 Å². The van der Waals surface area contributed by atoms with Crippen LogP contribution in [0.25, 0.3) is 0 Å². The van der Waals surface area contributed by atoms with E-state index in [0.29, 0.717) is 5.69 Å². The Morgan fingerprint density at radius 2 is 2.05 bits per heavy atom. The van der Waals surface area contributed by atoms with Gasteiger partial charge in [0.05, 0.1) is 10.7 Å². The summed E-state index contributed by atoms with van der Waals surface area (Å²) in [6, 6.07) is 7.09. The van der Waals surface area contributed by atoms with Crippen molar-refractivity contribution in [1.82, 2.24) is 4.98 Å². The number of halogens is 2. The number of sulfonamides is 1. The standard InChI is InChI=1S/C13H9ClFN3O2S/c1-8-17-21(19,20)12-3-2-6-16-13(12)18(8)9-4-5-10(14)11(15)7-9/h2-7H,1H3. The van der Waals surface area contributed by atoms with Crippen LogP contribution in [-0.2, 0) is 10.0 Å². The molecule has 0 N–H and O–H groups in total. The molecule has 21 heavy (non-hydrogen) atoms. The molecule has 108 valence electrons. The minimum absolute atomic E-state index is 0.0146. The van der Waals surface area contributed by atoms with Gasteiger partial charge in [-0.3, -0.25) is 4.90 Å². The second-order valence-corrected chi connectivity index (χ2v) is 6.35. The Morgan fingerprint density at radius 1 is 1.29 bits per heavy atom. The number of fused-ring (bicyclic) bond motifs is 1. The molecule has 1 aliphatic rings. The molecule has 0 amide bonds. The lowest BCUT2D eigenvalue weighted by Crippen LogP contribution is -2.30. The summed E-state index contributed by atoms with van der Waals surface area (Å²) in [6.07, 6.45) is 1.46. The van der Waals surface area contributed by atoms with E-state index >= 15 is 0 Å². The summed E-state index contributed by atoms with van der Waals surface area (Å²) in [4.78, 5) is 5.53. The fourth-order valence-corrected chi connectivity index (χ4v) is 3.37. The molecule has 2 aromatic rings. The minimum atomic E-state index is -3.79. The third kappa shape index (κ3) is 2.28. The van der Waals surface area contributed by atoms with Crippen LogP contribution in [0.2, 0.25) is 5.02 Å². The highest BCUT2D eigenvalue weighted by atomic mass is 35.5. The largest absolute Gasteiger partial charge is 0.287 e. The molecule has 1 aromatic carbocycles. The number of amidine groups is 1. The van der Waals surface area contributed by atoms with Crippen LogP contribution in [0.15, 0.2) is 45.8 Å². The Bertz CT molecular complexity index is 867. The molecule has 1 aliphatic heterocycles. The van der Waals surface area contributed by atoms with E-state index in [0.717, 1.165) is 0 Å². The van der Waals surface area contributed by atoms with E-state index in [9.17, 15) is 12.8 Å². The first kappa shape index (κ1) is 14.0. The third-order valence-electron chi connectivity index (χ3n) is 2.98. The predicted octanol–water partition coefficient (Wildman–Crippen LogP) is 3.13. The lowest BCUT2D eigenvalue weighted by atomic mass is 10.2. The van der Waals surface area contributed by atoms with E-state index in [4.69, 9.17) is 11.6 Å². The highest BCUT2D eigenvalue weighted by molar-refractivity contribution is 7.90. The van der Waals surface area contributed by atoms with Crippen LogP contribution >= 0.6 is 11.6 Å². The molecule has 0 aliphatic carbocycles. The number of aromatic nitrogens is 1. The Hall–Kier alpha value is -1.99. The summed E-state index contributed by atoms with van der Waals surface area (Å²) in [7, 11) is -3.79. The predicted molar refractivity (Wildman–Crippen MR) is 78.1 cm³/mol. The van der Waals surface area contributed by atoms with Crippen molar-refractivity contribution < 1.29 is 12.8 Å². The molecule has 0 bridgehead atoms. The van der Waals surface area contributed by atoms with Gasteiger partial charge in [-0.05, 0) is 37.3 Å². The van der Waals surface area contributed by atoms with Crippen LogP contribution in [0.5, 0.6) is 0 Å². The highest BCUT2D eigenvalue weighted by Crippen LogP contribution is 2.35. The smallest absolute Gasteiger partial charge is 0.281 e. The summed E-state index contributed by atoms with van der Waals surface area (Å²) < 4.78 is 41.4. The maximum atomic E-state index is 13.7. The van der Waals surface area contributed by atoms with Crippen molar-refractivity contribution >= 4 is 39.0 Å². The van der Waals surface area contributed by atoms with Gasteiger partial charge >= 0.3 is 0 Å². The van der Waals surface area contributed by atoms with E-state index in [1.54, 1.807) is 6.07 Å². The number of nitrogens with zero attached hydrogens (tertiary/aromatic N) is 3. The van der Waals surface area contributed by atoms with E-state index in [2.05, 4.69) is 9.38 Å². The molecule has 8 heteroatoms. The first-order chi connectivity index (χ1) is 9.90. The molecule has 1 aromatic heterocycles. The molecule has 0 fully saturated rings. The van der Waals surface area contributed by atoms with Gasteiger partial charge in [0.25, 0.3) is 10.0 Å². The molecular formula is C13H9ClFN3O2S. The van der Waals surface area contributed by atoms with Crippen molar-refractivity contribution in [2.75, 3.05) is 4.90 Å². The normalized spacial score (nSPS) is 16.3. The van der Waals surface area contributed by atoms with Crippen molar-refractivity contribution in [3.05, 3.63) is 47.4 Å². The molecule has 0 saturated heterocycles. The number of benzene rings is 1. The third-order valence-corrected chi connectivity index (χ3v) is 4.66. The number of pyridine rings is 1. The van der Waals surface area contributed by atoms with Crippen molar-refractivity contribution in [1.29, 1.82) is 0 Å². The van der Waals surface area contributed by atoms with Gasteiger partial charge in [-0.1, -0.05) is 11.6 Å². The fourth-order valence-electron chi connectivity index (χ4n) is 2.10. The number of anilines is 2. The zero-order valence-corrected chi connectivity index (χ0v) is 12.4. The van der Waals surface area contributed by atoms with Gasteiger partial charge in [0.2, 0.25) is 0 Å². The van der Waals surface area contributed by atoms with Crippen LogP contribution < -0.4 is 4.90 Å². The number of rotatable bonds is 1. The topological polar surface area (TPSA) is 62.6 Å². The summed E-state index contributed by atoms with van der Waals surface area (Å²) >= 11 is 5.67. The first-order valence-corrected chi connectivity index (χ1v) is 7.74. The van der Waals surface area contributed by atoms with Gasteiger partial charge < -0.3 is 0 Å². The van der Waals surface area contributed by atoms with Gasteiger partial charge in [-0.25, -0.2) is 9.37 Å². The summed E-state index contributed by atoms with van der Waals surface area (Å²) in [5.74, 6) is -0.234. The average molecular weight is 326 g/mol. The zero-order chi connectivity index (χ0) is 15.2. The van der Waals surface area contributed by atoms with Crippen LogP contribution in [-0.4, -0.2) is 19.2 Å².